The van der Waals surface area contributed by atoms with Crippen molar-refractivity contribution in [3.05, 3.63) is 23.0 Å². The van der Waals surface area contributed by atoms with Crippen LogP contribution in [0.1, 0.15) is 12.8 Å². The Morgan fingerprint density at radius 3 is 2.62 bits per heavy atom. The minimum atomic E-state index is -0.200. The van der Waals surface area contributed by atoms with Crippen LogP contribution in [0.5, 0.6) is 11.5 Å². The molecule has 1 saturated heterocycles. The van der Waals surface area contributed by atoms with Crippen molar-refractivity contribution >= 4 is 12.2 Å². The van der Waals surface area contributed by atoms with Gasteiger partial charge in [-0.15, -0.1) is 5.10 Å². The highest BCUT2D eigenvalue weighted by molar-refractivity contribution is 7.71. The van der Waals surface area contributed by atoms with E-state index in [9.17, 15) is 5.11 Å². The zero-order valence-electron chi connectivity index (χ0n) is 13.8. The lowest BCUT2D eigenvalue weighted by molar-refractivity contribution is 0.0647. The topological polar surface area (TPSA) is 72.9 Å². The maximum atomic E-state index is 9.58. The van der Waals surface area contributed by atoms with Crippen LogP contribution in [0, 0.1) is 4.84 Å². The molecule has 24 heavy (non-hydrogen) atoms. The number of ether oxygens (including phenoxy) is 2. The molecular formula is C16H21N3O4S. The van der Waals surface area contributed by atoms with Gasteiger partial charge < -0.3 is 19.0 Å². The SMILES string of the molecule is COc1ccc(-c2nn(CN3CCC(O)CC3)c(=S)o2)cc1OC. The molecule has 0 saturated carbocycles. The molecule has 0 atom stereocenters. The number of likely N-dealkylation sites (tertiary alicyclic amines) is 1. The molecule has 1 fully saturated rings. The number of benzene rings is 1. The lowest BCUT2D eigenvalue weighted by Crippen LogP contribution is -2.37. The number of hydrogen-bond acceptors (Lipinski definition) is 7. The zero-order valence-corrected chi connectivity index (χ0v) is 14.6. The molecule has 7 nitrogen and oxygen atoms in total. The van der Waals surface area contributed by atoms with Crippen LogP contribution >= 0.6 is 12.2 Å². The molecule has 2 aromatic rings. The van der Waals surface area contributed by atoms with E-state index in [0.717, 1.165) is 31.5 Å². The van der Waals surface area contributed by atoms with Crippen LogP contribution < -0.4 is 9.47 Å². The van der Waals surface area contributed by atoms with E-state index in [1.807, 2.05) is 6.07 Å². The number of methoxy groups -OCH3 is 2. The molecule has 1 aliphatic rings. The fourth-order valence-corrected chi connectivity index (χ4v) is 2.91. The van der Waals surface area contributed by atoms with Crippen molar-refractivity contribution < 1.29 is 19.0 Å². The summed E-state index contributed by atoms with van der Waals surface area (Å²) in [6.07, 6.45) is 1.34. The molecular weight excluding hydrogens is 330 g/mol. The summed E-state index contributed by atoms with van der Waals surface area (Å²) in [6.45, 7) is 2.20. The Kier molecular flexibility index (Phi) is 5.17. The molecule has 8 heteroatoms. The van der Waals surface area contributed by atoms with Crippen molar-refractivity contribution in [2.24, 2.45) is 0 Å². The standard InChI is InChI=1S/C16H21N3O4S/c1-21-13-4-3-11(9-14(13)22-2)15-17-19(16(24)23-15)10-18-7-5-12(20)6-8-18/h3-4,9,12,20H,5-8,10H2,1-2H3. The van der Waals surface area contributed by atoms with E-state index in [0.29, 0.717) is 28.9 Å². The average Bonchev–Trinajstić information content (AvgIpc) is 2.97. The summed E-state index contributed by atoms with van der Waals surface area (Å²) in [5.41, 5.74) is 0.770. The summed E-state index contributed by atoms with van der Waals surface area (Å²) in [7, 11) is 3.17. The van der Waals surface area contributed by atoms with Gasteiger partial charge in [-0.05, 0) is 43.3 Å². The molecule has 3 rings (SSSR count). The monoisotopic (exact) mass is 351 g/mol. The fourth-order valence-electron chi connectivity index (χ4n) is 2.73. The summed E-state index contributed by atoms with van der Waals surface area (Å²) in [6, 6.07) is 5.46. The zero-order chi connectivity index (χ0) is 17.1. The minimum Gasteiger partial charge on any atom is -0.493 e. The minimum absolute atomic E-state index is 0.200. The summed E-state index contributed by atoms with van der Waals surface area (Å²) in [4.78, 5) is 2.52. The molecule has 2 heterocycles. The number of aliphatic hydroxyl groups excluding tert-OH is 1. The highest BCUT2D eigenvalue weighted by Crippen LogP contribution is 2.31. The number of aliphatic hydroxyl groups is 1. The first-order valence-corrected chi connectivity index (χ1v) is 8.22. The molecule has 130 valence electrons. The van der Waals surface area contributed by atoms with Gasteiger partial charge in [-0.1, -0.05) is 0 Å². The molecule has 1 N–H and O–H groups in total. The van der Waals surface area contributed by atoms with Gasteiger partial charge in [0.15, 0.2) is 11.5 Å². The number of nitrogens with zero attached hydrogens (tertiary/aromatic N) is 3. The Labute approximate surface area is 145 Å². The van der Waals surface area contributed by atoms with Gasteiger partial charge in [0.05, 0.1) is 27.0 Å². The Balaban J connectivity index is 1.80. The Morgan fingerprint density at radius 2 is 1.96 bits per heavy atom. The molecule has 1 aliphatic heterocycles. The quantitative estimate of drug-likeness (QED) is 0.829. The second-order valence-electron chi connectivity index (χ2n) is 5.73. The van der Waals surface area contributed by atoms with Crippen LogP contribution in [0.3, 0.4) is 0 Å². The Morgan fingerprint density at radius 1 is 1.25 bits per heavy atom. The molecule has 0 unspecified atom stereocenters. The van der Waals surface area contributed by atoms with Crippen LogP contribution in [0.2, 0.25) is 0 Å². The predicted octanol–water partition coefficient (Wildman–Crippen LogP) is 2.30. The maximum absolute atomic E-state index is 9.58. The van der Waals surface area contributed by atoms with Crippen molar-refractivity contribution in [2.75, 3.05) is 27.3 Å². The van der Waals surface area contributed by atoms with E-state index in [1.165, 1.54) is 0 Å². The number of piperidine rings is 1. The highest BCUT2D eigenvalue weighted by atomic mass is 32.1. The lowest BCUT2D eigenvalue weighted by Gasteiger charge is -2.28. The largest absolute Gasteiger partial charge is 0.493 e. The van der Waals surface area contributed by atoms with Gasteiger partial charge in [0, 0.05) is 18.7 Å². The van der Waals surface area contributed by atoms with Gasteiger partial charge in [-0.25, -0.2) is 4.68 Å². The first-order valence-electron chi connectivity index (χ1n) is 7.81. The van der Waals surface area contributed by atoms with Crippen LogP contribution in [0.4, 0.5) is 0 Å². The van der Waals surface area contributed by atoms with Crippen LogP contribution in [-0.4, -0.2) is 53.2 Å². The number of rotatable bonds is 5. The van der Waals surface area contributed by atoms with Crippen molar-refractivity contribution in [1.29, 1.82) is 0 Å². The van der Waals surface area contributed by atoms with Gasteiger partial charge in [-0.2, -0.15) is 0 Å². The molecule has 0 spiro atoms. The lowest BCUT2D eigenvalue weighted by atomic mass is 10.1. The average molecular weight is 351 g/mol. The van der Waals surface area contributed by atoms with Gasteiger partial charge in [0.25, 0.3) is 4.84 Å². The predicted molar refractivity (Wildman–Crippen MR) is 90.7 cm³/mol. The number of hydrogen-bond donors (Lipinski definition) is 1. The van der Waals surface area contributed by atoms with Crippen molar-refractivity contribution in [1.82, 2.24) is 14.7 Å². The second-order valence-corrected chi connectivity index (χ2v) is 6.08. The van der Waals surface area contributed by atoms with E-state index in [-0.39, 0.29) is 6.10 Å². The number of aromatic nitrogens is 2. The van der Waals surface area contributed by atoms with Crippen molar-refractivity contribution in [2.45, 2.75) is 25.6 Å². The fraction of sp³-hybridized carbons (Fsp3) is 0.500. The van der Waals surface area contributed by atoms with Gasteiger partial charge >= 0.3 is 0 Å². The van der Waals surface area contributed by atoms with Crippen LogP contribution in [0.15, 0.2) is 22.6 Å². The van der Waals surface area contributed by atoms with Gasteiger partial charge in [-0.3, -0.25) is 4.90 Å². The first kappa shape index (κ1) is 16.9. The van der Waals surface area contributed by atoms with Crippen molar-refractivity contribution in [3.63, 3.8) is 0 Å². The maximum Gasteiger partial charge on any atom is 0.288 e. The summed E-state index contributed by atoms with van der Waals surface area (Å²) >= 11 is 5.28. The summed E-state index contributed by atoms with van der Waals surface area (Å²) in [5, 5.41) is 14.1. The van der Waals surface area contributed by atoms with E-state index in [1.54, 1.807) is 31.0 Å². The molecule has 0 bridgehead atoms. The Bertz CT molecular complexity index is 750. The molecule has 0 amide bonds. The van der Waals surface area contributed by atoms with E-state index in [4.69, 9.17) is 26.1 Å². The second kappa shape index (κ2) is 7.33. The third kappa shape index (κ3) is 3.61. The smallest absolute Gasteiger partial charge is 0.288 e. The third-order valence-electron chi connectivity index (χ3n) is 4.13. The molecule has 1 aromatic carbocycles. The summed E-state index contributed by atoms with van der Waals surface area (Å²) in [5.74, 6) is 1.69. The normalized spacial score (nSPS) is 16.3. The third-order valence-corrected chi connectivity index (χ3v) is 4.42. The first-order chi connectivity index (χ1) is 11.6. The van der Waals surface area contributed by atoms with Crippen LogP contribution in [-0.2, 0) is 6.67 Å². The van der Waals surface area contributed by atoms with Crippen molar-refractivity contribution in [3.8, 4) is 23.0 Å². The van der Waals surface area contributed by atoms with Crippen LogP contribution in [0.25, 0.3) is 11.5 Å². The molecule has 1 aromatic heterocycles. The molecule has 0 aliphatic carbocycles. The summed E-state index contributed by atoms with van der Waals surface area (Å²) < 4.78 is 17.8. The molecule has 0 radical (unpaired) electrons. The van der Waals surface area contributed by atoms with E-state index in [2.05, 4.69) is 10.00 Å². The van der Waals surface area contributed by atoms with E-state index < -0.39 is 0 Å². The van der Waals surface area contributed by atoms with Gasteiger partial charge in [0.1, 0.15) is 0 Å². The highest BCUT2D eigenvalue weighted by Gasteiger charge is 2.19. The van der Waals surface area contributed by atoms with Gasteiger partial charge in [0.2, 0.25) is 5.89 Å². The Hall–Kier alpha value is -1.90. The van der Waals surface area contributed by atoms with E-state index >= 15 is 0 Å².